The normalized spacial score (nSPS) is 10.9. The maximum absolute atomic E-state index is 12.4. The number of nitrogens with one attached hydrogen (secondary N) is 1. The molecule has 1 amide bonds. The Kier molecular flexibility index (Phi) is 5.67. The summed E-state index contributed by atoms with van der Waals surface area (Å²) in [6, 6.07) is 13.5. The van der Waals surface area contributed by atoms with Crippen LogP contribution in [0.2, 0.25) is 0 Å². The average molecular weight is 420 g/mol. The molecule has 0 fully saturated rings. The molecule has 0 atom stereocenters. The summed E-state index contributed by atoms with van der Waals surface area (Å²) in [6.07, 6.45) is 3.25. The number of anilines is 1. The quantitative estimate of drug-likeness (QED) is 0.373. The minimum Gasteiger partial charge on any atom is -0.497 e. The van der Waals surface area contributed by atoms with E-state index in [0.717, 1.165) is 21.7 Å². The van der Waals surface area contributed by atoms with Gasteiger partial charge in [0.05, 0.1) is 30.1 Å². The van der Waals surface area contributed by atoms with Crippen LogP contribution in [0.15, 0.2) is 60.0 Å². The van der Waals surface area contributed by atoms with E-state index in [2.05, 4.69) is 46.4 Å². The molecular weight excluding hydrogens is 398 g/mol. The van der Waals surface area contributed by atoms with E-state index >= 15 is 0 Å². The van der Waals surface area contributed by atoms with Gasteiger partial charge in [0.1, 0.15) is 17.1 Å². The number of amides is 1. The molecule has 0 aliphatic heterocycles. The summed E-state index contributed by atoms with van der Waals surface area (Å²) in [5, 5.41) is 8.93. The van der Waals surface area contributed by atoms with Crippen LogP contribution in [0.5, 0.6) is 5.75 Å². The minimum absolute atomic E-state index is 0.123. The maximum atomic E-state index is 12.4. The molecule has 0 unspecified atom stereocenters. The number of carbonyl (C=O) groups excluding carboxylic acids is 1. The highest BCUT2D eigenvalue weighted by Gasteiger charge is 2.14. The Labute approximate surface area is 178 Å². The van der Waals surface area contributed by atoms with Gasteiger partial charge in [-0.15, -0.1) is 0 Å². The number of benzene rings is 2. The number of carbonyl (C=O) groups is 1. The Bertz CT molecular complexity index is 1220. The van der Waals surface area contributed by atoms with Crippen LogP contribution in [0.3, 0.4) is 0 Å². The maximum Gasteiger partial charge on any atom is 0.234 e. The summed E-state index contributed by atoms with van der Waals surface area (Å²) < 4.78 is 7.00. The lowest BCUT2D eigenvalue weighted by Crippen LogP contribution is -2.14. The highest BCUT2D eigenvalue weighted by Crippen LogP contribution is 2.27. The van der Waals surface area contributed by atoms with Crippen molar-refractivity contribution in [1.82, 2.24) is 19.7 Å². The molecule has 7 nitrogen and oxygen atoms in total. The summed E-state index contributed by atoms with van der Waals surface area (Å²) in [6.45, 7) is 4.11. The Hall–Kier alpha value is -3.39. The highest BCUT2D eigenvalue weighted by molar-refractivity contribution is 8.00. The topological polar surface area (TPSA) is 81.9 Å². The van der Waals surface area contributed by atoms with Crippen LogP contribution in [-0.4, -0.2) is 38.5 Å². The molecule has 0 aliphatic rings. The Morgan fingerprint density at radius 2 is 2.03 bits per heavy atom. The second kappa shape index (κ2) is 8.54. The molecule has 30 heavy (non-hydrogen) atoms. The third kappa shape index (κ3) is 4.13. The van der Waals surface area contributed by atoms with Gasteiger partial charge in [0.25, 0.3) is 0 Å². The van der Waals surface area contributed by atoms with Crippen LogP contribution in [0.1, 0.15) is 11.1 Å². The van der Waals surface area contributed by atoms with E-state index in [1.165, 1.54) is 23.7 Å². The first-order valence-electron chi connectivity index (χ1n) is 9.38. The molecule has 0 saturated carbocycles. The van der Waals surface area contributed by atoms with Crippen LogP contribution in [0.25, 0.3) is 16.7 Å². The number of hydrogen-bond acceptors (Lipinski definition) is 6. The van der Waals surface area contributed by atoms with E-state index in [0.29, 0.717) is 17.1 Å². The van der Waals surface area contributed by atoms with E-state index < -0.39 is 0 Å². The van der Waals surface area contributed by atoms with Crippen molar-refractivity contribution in [3.63, 3.8) is 0 Å². The van der Waals surface area contributed by atoms with Crippen molar-refractivity contribution in [1.29, 1.82) is 0 Å². The molecule has 0 bridgehead atoms. The largest absolute Gasteiger partial charge is 0.497 e. The molecule has 8 heteroatoms. The summed E-state index contributed by atoms with van der Waals surface area (Å²) in [4.78, 5) is 21.2. The van der Waals surface area contributed by atoms with Crippen molar-refractivity contribution in [2.75, 3.05) is 18.2 Å². The van der Waals surface area contributed by atoms with Crippen molar-refractivity contribution in [3.8, 4) is 11.4 Å². The van der Waals surface area contributed by atoms with Crippen LogP contribution in [0.4, 0.5) is 5.69 Å². The molecule has 2 aromatic carbocycles. The molecule has 2 aromatic heterocycles. The van der Waals surface area contributed by atoms with Gasteiger partial charge >= 0.3 is 0 Å². The van der Waals surface area contributed by atoms with Gasteiger partial charge in [-0.3, -0.25) is 4.79 Å². The van der Waals surface area contributed by atoms with Gasteiger partial charge < -0.3 is 10.1 Å². The SMILES string of the molecule is COc1cccc(NC(=O)CSc2ncnc3c2cnn3-c2ccc(C)cc2C)c1. The van der Waals surface area contributed by atoms with E-state index in [1.807, 2.05) is 28.9 Å². The summed E-state index contributed by atoms with van der Waals surface area (Å²) in [5.41, 5.74) is 4.69. The molecule has 0 saturated heterocycles. The molecule has 0 radical (unpaired) electrons. The summed E-state index contributed by atoms with van der Waals surface area (Å²) in [5.74, 6) is 0.788. The second-order valence-corrected chi connectivity index (χ2v) is 7.80. The van der Waals surface area contributed by atoms with Gasteiger partial charge in [-0.25, -0.2) is 14.6 Å². The Morgan fingerprint density at radius 3 is 2.83 bits per heavy atom. The van der Waals surface area contributed by atoms with Crippen molar-refractivity contribution in [2.24, 2.45) is 0 Å². The Balaban J connectivity index is 1.52. The lowest BCUT2D eigenvalue weighted by atomic mass is 10.1. The molecule has 2 heterocycles. The van der Waals surface area contributed by atoms with Crippen LogP contribution >= 0.6 is 11.8 Å². The molecule has 0 spiro atoms. The first-order chi connectivity index (χ1) is 14.5. The number of fused-ring (bicyclic) bond motifs is 1. The lowest BCUT2D eigenvalue weighted by molar-refractivity contribution is -0.113. The van der Waals surface area contributed by atoms with E-state index in [4.69, 9.17) is 4.74 Å². The number of aryl methyl sites for hydroxylation is 2. The van der Waals surface area contributed by atoms with Crippen molar-refractivity contribution in [3.05, 3.63) is 66.1 Å². The molecule has 152 valence electrons. The van der Waals surface area contributed by atoms with Crippen molar-refractivity contribution < 1.29 is 9.53 Å². The monoisotopic (exact) mass is 419 g/mol. The fraction of sp³-hybridized carbons (Fsp3) is 0.182. The van der Waals surface area contributed by atoms with Crippen LogP contribution < -0.4 is 10.1 Å². The van der Waals surface area contributed by atoms with Crippen LogP contribution in [-0.2, 0) is 4.79 Å². The number of rotatable bonds is 6. The second-order valence-electron chi connectivity index (χ2n) is 6.83. The highest BCUT2D eigenvalue weighted by atomic mass is 32.2. The van der Waals surface area contributed by atoms with Crippen molar-refractivity contribution >= 4 is 34.4 Å². The number of thioether (sulfide) groups is 1. The van der Waals surface area contributed by atoms with Gasteiger partial charge in [0, 0.05) is 11.8 Å². The smallest absolute Gasteiger partial charge is 0.234 e. The number of nitrogens with zero attached hydrogens (tertiary/aromatic N) is 4. The third-order valence-corrected chi connectivity index (χ3v) is 5.61. The predicted octanol–water partition coefficient (Wildman–Crippen LogP) is 4.17. The minimum atomic E-state index is -0.123. The van der Waals surface area contributed by atoms with Crippen molar-refractivity contribution in [2.45, 2.75) is 18.9 Å². The fourth-order valence-electron chi connectivity index (χ4n) is 3.19. The summed E-state index contributed by atoms with van der Waals surface area (Å²) >= 11 is 1.35. The first-order valence-corrected chi connectivity index (χ1v) is 10.4. The number of methoxy groups -OCH3 is 1. The van der Waals surface area contributed by atoms with E-state index in [9.17, 15) is 4.79 Å². The number of hydrogen-bond donors (Lipinski definition) is 1. The zero-order chi connectivity index (χ0) is 21.1. The van der Waals surface area contributed by atoms with Crippen LogP contribution in [0, 0.1) is 13.8 Å². The standard InChI is InChI=1S/C22H21N5O2S/c1-14-7-8-19(15(2)9-14)27-21-18(11-25-27)22(24-13-23-21)30-12-20(28)26-16-5-4-6-17(10-16)29-3/h4-11,13H,12H2,1-3H3,(H,26,28). The summed E-state index contributed by atoms with van der Waals surface area (Å²) in [7, 11) is 1.59. The number of ether oxygens (including phenoxy) is 1. The van der Waals surface area contributed by atoms with E-state index in [-0.39, 0.29) is 11.7 Å². The first kappa shape index (κ1) is 19.9. The molecule has 0 aliphatic carbocycles. The number of aromatic nitrogens is 4. The van der Waals surface area contributed by atoms with Gasteiger partial charge in [0.2, 0.25) is 5.91 Å². The van der Waals surface area contributed by atoms with Gasteiger partial charge in [0.15, 0.2) is 5.65 Å². The van der Waals surface area contributed by atoms with E-state index in [1.54, 1.807) is 19.4 Å². The molecule has 4 rings (SSSR count). The average Bonchev–Trinajstić information content (AvgIpc) is 3.17. The van der Waals surface area contributed by atoms with Gasteiger partial charge in [-0.05, 0) is 37.6 Å². The molecule has 1 N–H and O–H groups in total. The molecule has 4 aromatic rings. The zero-order valence-electron chi connectivity index (χ0n) is 16.9. The lowest BCUT2D eigenvalue weighted by Gasteiger charge is -2.08. The van der Waals surface area contributed by atoms with Gasteiger partial charge in [-0.1, -0.05) is 35.5 Å². The molecular formula is C22H21N5O2S. The predicted molar refractivity (Wildman–Crippen MR) is 118 cm³/mol. The zero-order valence-corrected chi connectivity index (χ0v) is 17.7. The van der Waals surface area contributed by atoms with Gasteiger partial charge in [-0.2, -0.15) is 5.10 Å². The Morgan fingerprint density at radius 1 is 1.17 bits per heavy atom. The third-order valence-electron chi connectivity index (χ3n) is 4.60. The fourth-order valence-corrected chi connectivity index (χ4v) is 3.95.